The first-order chi connectivity index (χ1) is 14.2. The summed E-state index contributed by atoms with van der Waals surface area (Å²) in [5, 5.41) is 13.7. The summed E-state index contributed by atoms with van der Waals surface area (Å²) < 4.78 is 7.56. The Hall–Kier alpha value is -3.03. The van der Waals surface area contributed by atoms with Crippen molar-refractivity contribution in [3.8, 4) is 5.75 Å². The molecule has 0 fully saturated rings. The number of hydrogen-bond acceptors (Lipinski definition) is 4. The fraction of sp³-hybridized carbons (Fsp3) is 0.500. The summed E-state index contributed by atoms with van der Waals surface area (Å²) in [6, 6.07) is 9.57. The number of hydrogen-bond donors (Lipinski definition) is 3. The van der Waals surface area contributed by atoms with Crippen LogP contribution < -0.4 is 20.7 Å². The lowest BCUT2D eigenvalue weighted by atomic mass is 10.1. The van der Waals surface area contributed by atoms with Crippen LogP contribution in [0.2, 0.25) is 0 Å². The monoisotopic (exact) mass is 414 g/mol. The van der Waals surface area contributed by atoms with Gasteiger partial charge in [-0.3, -0.25) is 9.48 Å². The lowest BCUT2D eigenvalue weighted by Crippen LogP contribution is -2.42. The molecule has 0 aliphatic rings. The third kappa shape index (κ3) is 9.45. The van der Waals surface area contributed by atoms with E-state index in [1.54, 1.807) is 6.20 Å². The summed E-state index contributed by atoms with van der Waals surface area (Å²) >= 11 is 0. The number of benzene rings is 1. The highest BCUT2D eigenvalue weighted by atomic mass is 16.5. The van der Waals surface area contributed by atoms with Gasteiger partial charge in [0.25, 0.3) is 0 Å². The average Bonchev–Trinajstić information content (AvgIpc) is 3.16. The molecule has 1 amide bonds. The van der Waals surface area contributed by atoms with Crippen molar-refractivity contribution in [2.24, 2.45) is 4.99 Å². The molecule has 1 aromatic carbocycles. The molecule has 0 spiro atoms. The first-order valence-electron chi connectivity index (χ1n) is 10.3. The molecule has 0 bridgehead atoms. The highest BCUT2D eigenvalue weighted by molar-refractivity contribution is 5.95. The van der Waals surface area contributed by atoms with E-state index in [4.69, 9.17) is 4.74 Å². The third-order valence-electron chi connectivity index (χ3n) is 3.80. The van der Waals surface area contributed by atoms with E-state index in [-0.39, 0.29) is 24.1 Å². The minimum absolute atomic E-state index is 0.0420. The summed E-state index contributed by atoms with van der Waals surface area (Å²) in [7, 11) is 0. The predicted molar refractivity (Wildman–Crippen MR) is 121 cm³/mol. The lowest BCUT2D eigenvalue weighted by Gasteiger charge is -2.20. The lowest BCUT2D eigenvalue weighted by molar-refractivity contribution is -0.121. The Bertz CT molecular complexity index is 792. The third-order valence-corrected chi connectivity index (χ3v) is 3.80. The van der Waals surface area contributed by atoms with E-state index in [1.165, 1.54) is 0 Å². The van der Waals surface area contributed by atoms with E-state index in [2.05, 4.69) is 26.0 Å². The summed E-state index contributed by atoms with van der Waals surface area (Å²) in [5.74, 6) is 1.24. The van der Waals surface area contributed by atoms with Gasteiger partial charge >= 0.3 is 0 Å². The van der Waals surface area contributed by atoms with Gasteiger partial charge in [0.05, 0.1) is 6.10 Å². The molecule has 0 unspecified atom stereocenters. The number of carbonyl (C=O) groups is 1. The van der Waals surface area contributed by atoms with Crippen LogP contribution in [0.1, 0.15) is 41.0 Å². The second-order valence-corrected chi connectivity index (χ2v) is 8.33. The van der Waals surface area contributed by atoms with Crippen molar-refractivity contribution in [1.82, 2.24) is 20.4 Å². The number of amides is 1. The van der Waals surface area contributed by atoms with E-state index in [1.807, 2.05) is 75.8 Å². The van der Waals surface area contributed by atoms with Crippen molar-refractivity contribution in [3.63, 3.8) is 0 Å². The minimum Gasteiger partial charge on any atom is -0.491 e. The van der Waals surface area contributed by atoms with Crippen LogP contribution in [0.5, 0.6) is 5.75 Å². The minimum atomic E-state index is -0.288. The summed E-state index contributed by atoms with van der Waals surface area (Å²) in [6.45, 7) is 11.4. The molecule has 0 radical (unpaired) electrons. The van der Waals surface area contributed by atoms with E-state index in [9.17, 15) is 4.79 Å². The maximum atomic E-state index is 12.1. The zero-order valence-electron chi connectivity index (χ0n) is 18.6. The molecule has 0 saturated heterocycles. The van der Waals surface area contributed by atoms with Gasteiger partial charge in [-0.2, -0.15) is 5.10 Å². The molecule has 0 aliphatic carbocycles. The van der Waals surface area contributed by atoms with E-state index >= 15 is 0 Å². The fourth-order valence-corrected chi connectivity index (χ4v) is 2.65. The summed E-state index contributed by atoms with van der Waals surface area (Å²) in [4.78, 5) is 16.6. The average molecular weight is 415 g/mol. The Morgan fingerprint density at radius 2 is 1.97 bits per heavy atom. The number of nitrogens with zero attached hydrogens (tertiary/aromatic N) is 3. The topological polar surface area (TPSA) is 92.6 Å². The molecule has 2 aromatic rings. The van der Waals surface area contributed by atoms with Crippen molar-refractivity contribution < 1.29 is 9.53 Å². The van der Waals surface area contributed by atoms with Gasteiger partial charge in [0.2, 0.25) is 5.91 Å². The van der Waals surface area contributed by atoms with Crippen molar-refractivity contribution in [3.05, 3.63) is 42.7 Å². The van der Waals surface area contributed by atoms with Crippen molar-refractivity contribution in [2.75, 3.05) is 18.4 Å². The fourth-order valence-electron chi connectivity index (χ4n) is 2.65. The standard InChI is InChI=1S/C22H34N6O2/c1-17(2)30-19-10-8-18(9-11-19)26-21(24-16-20(29)27-22(3,4)5)23-12-6-14-28-15-7-13-25-28/h7-11,13,15,17H,6,12,14,16H2,1-5H3,(H,27,29)(H2,23,24,26). The Labute approximate surface area is 179 Å². The molecule has 30 heavy (non-hydrogen) atoms. The normalized spacial score (nSPS) is 12.0. The molecule has 8 heteroatoms. The number of aryl methyl sites for hydroxylation is 1. The number of nitrogens with one attached hydrogen (secondary N) is 3. The van der Waals surface area contributed by atoms with Crippen LogP contribution in [0, 0.1) is 0 Å². The zero-order chi connectivity index (χ0) is 22.0. The molecular weight excluding hydrogens is 380 g/mol. The SMILES string of the molecule is CC(C)Oc1ccc(NC(=NCC(=O)NC(C)(C)C)NCCCn2cccn2)cc1. The van der Waals surface area contributed by atoms with Gasteiger partial charge < -0.3 is 20.7 Å². The molecule has 3 N–H and O–H groups in total. The van der Waals surface area contributed by atoms with Crippen LogP contribution in [0.3, 0.4) is 0 Å². The Balaban J connectivity index is 1.96. The molecule has 2 rings (SSSR count). The van der Waals surface area contributed by atoms with Gasteiger partial charge in [-0.25, -0.2) is 4.99 Å². The molecule has 1 aromatic heterocycles. The number of aromatic nitrogens is 2. The van der Waals surface area contributed by atoms with Crippen LogP contribution in [0.25, 0.3) is 0 Å². The number of aliphatic imine (C=N–C) groups is 1. The van der Waals surface area contributed by atoms with Crippen LogP contribution in [0.15, 0.2) is 47.7 Å². The smallest absolute Gasteiger partial charge is 0.242 e. The van der Waals surface area contributed by atoms with Crippen LogP contribution in [0.4, 0.5) is 5.69 Å². The molecule has 164 valence electrons. The number of anilines is 1. The van der Waals surface area contributed by atoms with Crippen molar-refractivity contribution in [1.29, 1.82) is 0 Å². The van der Waals surface area contributed by atoms with Gasteiger partial charge in [0.1, 0.15) is 12.3 Å². The maximum absolute atomic E-state index is 12.1. The molecule has 8 nitrogen and oxygen atoms in total. The predicted octanol–water partition coefficient (Wildman–Crippen LogP) is 3.03. The zero-order valence-corrected chi connectivity index (χ0v) is 18.6. The number of ether oxygens (including phenoxy) is 1. The number of guanidine groups is 1. The van der Waals surface area contributed by atoms with Crippen LogP contribution in [-0.2, 0) is 11.3 Å². The van der Waals surface area contributed by atoms with E-state index in [0.29, 0.717) is 12.5 Å². The van der Waals surface area contributed by atoms with Gasteiger partial charge in [-0.1, -0.05) is 0 Å². The molecule has 1 heterocycles. The van der Waals surface area contributed by atoms with Gasteiger partial charge in [0.15, 0.2) is 5.96 Å². The van der Waals surface area contributed by atoms with E-state index < -0.39 is 0 Å². The molecule has 0 saturated carbocycles. The van der Waals surface area contributed by atoms with Crippen molar-refractivity contribution in [2.45, 2.75) is 59.2 Å². The first-order valence-corrected chi connectivity index (χ1v) is 10.3. The second kappa shape index (κ2) is 11.2. The van der Waals surface area contributed by atoms with Crippen LogP contribution in [-0.4, -0.2) is 46.4 Å². The quantitative estimate of drug-likeness (QED) is 0.333. The number of carbonyl (C=O) groups excluding carboxylic acids is 1. The highest BCUT2D eigenvalue weighted by Crippen LogP contribution is 2.16. The first kappa shape index (κ1) is 23.3. The molecule has 0 atom stereocenters. The van der Waals surface area contributed by atoms with E-state index in [0.717, 1.165) is 24.4 Å². The second-order valence-electron chi connectivity index (χ2n) is 8.33. The summed E-state index contributed by atoms with van der Waals surface area (Å²) in [5.41, 5.74) is 0.574. The Morgan fingerprint density at radius 3 is 2.57 bits per heavy atom. The van der Waals surface area contributed by atoms with Gasteiger partial charge in [0, 0.05) is 36.7 Å². The number of rotatable bonds is 9. The highest BCUT2D eigenvalue weighted by Gasteiger charge is 2.13. The van der Waals surface area contributed by atoms with Gasteiger partial charge in [-0.15, -0.1) is 0 Å². The Kier molecular flexibility index (Phi) is 8.70. The largest absolute Gasteiger partial charge is 0.491 e. The van der Waals surface area contributed by atoms with Gasteiger partial charge in [-0.05, 0) is 71.4 Å². The maximum Gasteiger partial charge on any atom is 0.242 e. The van der Waals surface area contributed by atoms with Crippen LogP contribution >= 0.6 is 0 Å². The van der Waals surface area contributed by atoms with Crippen molar-refractivity contribution >= 4 is 17.6 Å². The Morgan fingerprint density at radius 1 is 1.23 bits per heavy atom. The molecule has 0 aliphatic heterocycles. The summed E-state index contributed by atoms with van der Waals surface area (Å²) in [6.07, 6.45) is 4.70. The molecular formula is C22H34N6O2.